The Labute approximate surface area is 159 Å². The fourth-order valence-electron chi connectivity index (χ4n) is 2.63. The number of aromatic nitrogens is 2. The van der Waals surface area contributed by atoms with Crippen LogP contribution in [0.4, 0.5) is 11.5 Å². The maximum Gasteiger partial charge on any atom is 0.150 e. The molecule has 0 saturated heterocycles. The molecule has 27 heavy (non-hydrogen) atoms. The number of ether oxygens (including phenoxy) is 1. The highest BCUT2D eigenvalue weighted by molar-refractivity contribution is 5.99. The van der Waals surface area contributed by atoms with Crippen LogP contribution in [0.25, 0.3) is 11.3 Å². The Kier molecular flexibility index (Phi) is 5.66. The lowest BCUT2D eigenvalue weighted by Gasteiger charge is -2.12. The second-order valence-corrected chi connectivity index (χ2v) is 6.24. The van der Waals surface area contributed by atoms with Crippen LogP contribution < -0.4 is 15.1 Å². The first kappa shape index (κ1) is 18.4. The van der Waals surface area contributed by atoms with E-state index >= 15 is 0 Å². The van der Waals surface area contributed by atoms with Gasteiger partial charge in [0.15, 0.2) is 0 Å². The molecule has 6 heteroatoms. The smallest absolute Gasteiger partial charge is 0.150 e. The maximum absolute atomic E-state index is 5.41. The molecule has 1 aromatic heterocycles. The molecule has 0 bridgehead atoms. The van der Waals surface area contributed by atoms with Gasteiger partial charge < -0.3 is 9.64 Å². The van der Waals surface area contributed by atoms with Crippen molar-refractivity contribution in [3.05, 3.63) is 66.5 Å². The zero-order chi connectivity index (χ0) is 19.2. The van der Waals surface area contributed by atoms with Crippen LogP contribution in [0.15, 0.2) is 66.0 Å². The van der Waals surface area contributed by atoms with E-state index in [0.29, 0.717) is 5.82 Å². The highest BCUT2D eigenvalue weighted by Gasteiger charge is 2.07. The van der Waals surface area contributed by atoms with Crippen LogP contribution in [0, 0.1) is 0 Å². The monoisotopic (exact) mass is 361 g/mol. The summed E-state index contributed by atoms with van der Waals surface area (Å²) in [7, 11) is 5.69. The van der Waals surface area contributed by atoms with Crippen molar-refractivity contribution in [2.75, 3.05) is 31.5 Å². The highest BCUT2D eigenvalue weighted by atomic mass is 16.5. The third-order valence-corrected chi connectivity index (χ3v) is 4.19. The SMILES string of the molecule is COc1ccccc1-c1cc(N/N=C(\C)c2ccc(N(C)C)cc2)ncn1. The molecule has 0 amide bonds. The van der Waals surface area contributed by atoms with Crippen molar-refractivity contribution in [1.82, 2.24) is 9.97 Å². The maximum atomic E-state index is 5.41. The second-order valence-electron chi connectivity index (χ2n) is 6.24. The largest absolute Gasteiger partial charge is 0.496 e. The molecule has 1 heterocycles. The Balaban J connectivity index is 1.79. The van der Waals surface area contributed by atoms with E-state index in [-0.39, 0.29) is 0 Å². The van der Waals surface area contributed by atoms with E-state index in [1.807, 2.05) is 51.4 Å². The molecule has 0 aliphatic carbocycles. The molecule has 0 aliphatic heterocycles. The van der Waals surface area contributed by atoms with E-state index in [9.17, 15) is 0 Å². The standard InChI is InChI=1S/C21H23N5O/c1-15(16-9-11-17(12-10-16)26(2)3)24-25-21-13-19(22-14-23-21)18-7-5-6-8-20(18)27-4/h5-14H,1-4H3,(H,22,23,25)/b24-15+. The average Bonchev–Trinajstić information content (AvgIpc) is 2.72. The van der Waals surface area contributed by atoms with E-state index < -0.39 is 0 Å². The van der Waals surface area contributed by atoms with Crippen molar-refractivity contribution < 1.29 is 4.74 Å². The van der Waals surface area contributed by atoms with Crippen LogP contribution in [-0.4, -0.2) is 36.9 Å². The molecule has 6 nitrogen and oxygen atoms in total. The van der Waals surface area contributed by atoms with Crippen molar-refractivity contribution in [3.63, 3.8) is 0 Å². The summed E-state index contributed by atoms with van der Waals surface area (Å²) in [6.07, 6.45) is 1.51. The molecular formula is C21H23N5O. The van der Waals surface area contributed by atoms with E-state index in [0.717, 1.165) is 34.0 Å². The lowest BCUT2D eigenvalue weighted by atomic mass is 10.1. The van der Waals surface area contributed by atoms with Gasteiger partial charge in [-0.05, 0) is 36.8 Å². The number of para-hydroxylation sites is 1. The van der Waals surface area contributed by atoms with Crippen LogP contribution in [0.3, 0.4) is 0 Å². The van der Waals surface area contributed by atoms with Crippen LogP contribution >= 0.6 is 0 Å². The lowest BCUT2D eigenvalue weighted by molar-refractivity contribution is 0.416. The number of nitrogens with zero attached hydrogens (tertiary/aromatic N) is 4. The average molecular weight is 361 g/mol. The van der Waals surface area contributed by atoms with E-state index in [4.69, 9.17) is 4.74 Å². The molecule has 0 atom stereocenters. The highest BCUT2D eigenvalue weighted by Crippen LogP contribution is 2.28. The van der Waals surface area contributed by atoms with Gasteiger partial charge in [-0.3, -0.25) is 5.43 Å². The molecule has 0 saturated carbocycles. The number of methoxy groups -OCH3 is 1. The summed E-state index contributed by atoms with van der Waals surface area (Å²) < 4.78 is 5.41. The number of hydrogen-bond donors (Lipinski definition) is 1. The van der Waals surface area contributed by atoms with Gasteiger partial charge in [-0.1, -0.05) is 24.3 Å². The molecule has 1 N–H and O–H groups in total. The zero-order valence-corrected chi connectivity index (χ0v) is 16.0. The van der Waals surface area contributed by atoms with Crippen LogP contribution in [-0.2, 0) is 0 Å². The van der Waals surface area contributed by atoms with Crippen molar-refractivity contribution in [2.45, 2.75) is 6.92 Å². The number of hydrazone groups is 1. The number of benzene rings is 2. The molecule has 0 fully saturated rings. The molecule has 0 unspecified atom stereocenters. The predicted molar refractivity (Wildman–Crippen MR) is 111 cm³/mol. The summed E-state index contributed by atoms with van der Waals surface area (Å²) in [5.74, 6) is 1.39. The molecule has 0 spiro atoms. The van der Waals surface area contributed by atoms with Crippen LogP contribution in [0.1, 0.15) is 12.5 Å². The van der Waals surface area contributed by atoms with Gasteiger partial charge in [-0.25, -0.2) is 9.97 Å². The zero-order valence-electron chi connectivity index (χ0n) is 16.0. The lowest BCUT2D eigenvalue weighted by Crippen LogP contribution is -2.08. The minimum atomic E-state index is 0.621. The van der Waals surface area contributed by atoms with E-state index in [1.165, 1.54) is 6.33 Å². The number of anilines is 2. The normalized spacial score (nSPS) is 11.2. The molecule has 0 aliphatic rings. The first-order valence-corrected chi connectivity index (χ1v) is 8.62. The van der Waals surface area contributed by atoms with Gasteiger partial charge in [0.2, 0.25) is 0 Å². The summed E-state index contributed by atoms with van der Waals surface area (Å²) in [4.78, 5) is 10.7. The molecule has 138 valence electrons. The summed E-state index contributed by atoms with van der Waals surface area (Å²) in [5.41, 5.74) is 7.76. The third kappa shape index (κ3) is 4.41. The molecular weight excluding hydrogens is 338 g/mol. The Morgan fingerprint density at radius 2 is 1.78 bits per heavy atom. The first-order valence-electron chi connectivity index (χ1n) is 8.62. The quantitative estimate of drug-likeness (QED) is 0.530. The fourth-order valence-corrected chi connectivity index (χ4v) is 2.63. The fraction of sp³-hybridized carbons (Fsp3) is 0.190. The second kappa shape index (κ2) is 8.31. The van der Waals surface area contributed by atoms with Gasteiger partial charge in [0, 0.05) is 31.4 Å². The number of nitrogens with one attached hydrogen (secondary N) is 1. The van der Waals surface area contributed by atoms with Gasteiger partial charge in [-0.15, -0.1) is 0 Å². The molecule has 3 rings (SSSR count). The van der Waals surface area contributed by atoms with Crippen molar-refractivity contribution in [2.24, 2.45) is 5.10 Å². The van der Waals surface area contributed by atoms with Crippen molar-refractivity contribution in [3.8, 4) is 17.0 Å². The van der Waals surface area contributed by atoms with Gasteiger partial charge >= 0.3 is 0 Å². The van der Waals surface area contributed by atoms with Gasteiger partial charge in [0.05, 0.1) is 18.5 Å². The summed E-state index contributed by atoms with van der Waals surface area (Å²) in [5, 5.41) is 4.45. The van der Waals surface area contributed by atoms with Crippen molar-refractivity contribution >= 4 is 17.2 Å². The van der Waals surface area contributed by atoms with Gasteiger partial charge in [-0.2, -0.15) is 5.10 Å². The molecule has 0 radical (unpaired) electrons. The third-order valence-electron chi connectivity index (χ3n) is 4.19. The molecule has 2 aromatic carbocycles. The van der Waals surface area contributed by atoms with Gasteiger partial charge in [0.25, 0.3) is 0 Å². The molecule has 3 aromatic rings. The minimum absolute atomic E-state index is 0.621. The predicted octanol–water partition coefficient (Wildman–Crippen LogP) is 4.05. The minimum Gasteiger partial charge on any atom is -0.496 e. The summed E-state index contributed by atoms with van der Waals surface area (Å²) in [6, 6.07) is 17.8. The van der Waals surface area contributed by atoms with Crippen LogP contribution in [0.2, 0.25) is 0 Å². The van der Waals surface area contributed by atoms with E-state index in [1.54, 1.807) is 7.11 Å². The number of hydrogen-bond acceptors (Lipinski definition) is 6. The first-order chi connectivity index (χ1) is 13.1. The Morgan fingerprint density at radius 3 is 2.48 bits per heavy atom. The van der Waals surface area contributed by atoms with Gasteiger partial charge in [0.1, 0.15) is 17.9 Å². The summed E-state index contributed by atoms with van der Waals surface area (Å²) >= 11 is 0. The Hall–Kier alpha value is -3.41. The Bertz CT molecular complexity index is 935. The summed E-state index contributed by atoms with van der Waals surface area (Å²) in [6.45, 7) is 1.96. The van der Waals surface area contributed by atoms with Crippen LogP contribution in [0.5, 0.6) is 5.75 Å². The number of rotatable bonds is 6. The topological polar surface area (TPSA) is 62.6 Å². The van der Waals surface area contributed by atoms with Crippen molar-refractivity contribution in [1.29, 1.82) is 0 Å². The van der Waals surface area contributed by atoms with E-state index in [2.05, 4.69) is 49.7 Å². The Morgan fingerprint density at radius 1 is 1.04 bits per heavy atom.